The van der Waals surface area contributed by atoms with Gasteiger partial charge in [0.2, 0.25) is 0 Å². The van der Waals surface area contributed by atoms with E-state index in [-0.39, 0.29) is 17.5 Å². The van der Waals surface area contributed by atoms with Crippen LogP contribution in [0, 0.1) is 0 Å². The summed E-state index contributed by atoms with van der Waals surface area (Å²) in [6.45, 7) is 7.76. The van der Waals surface area contributed by atoms with Crippen LogP contribution in [0.15, 0.2) is 6.20 Å². The minimum Gasteiger partial charge on any atom is -0.380 e. The van der Waals surface area contributed by atoms with Gasteiger partial charge < -0.3 is 10.1 Å². The topological polar surface area (TPSA) is 57.7 Å². The Bertz CT molecular complexity index is 662. The molecule has 3 heterocycles. The van der Waals surface area contributed by atoms with Crippen molar-refractivity contribution >= 4 is 17.2 Å². The second-order valence-electron chi connectivity index (χ2n) is 8.25. The quantitative estimate of drug-likeness (QED) is 0.722. The molecule has 7 heteroatoms. The van der Waals surface area contributed by atoms with Crippen molar-refractivity contribution in [3.8, 4) is 0 Å². The van der Waals surface area contributed by atoms with Crippen LogP contribution in [0.2, 0.25) is 0 Å². The molecule has 1 aromatic rings. The van der Waals surface area contributed by atoms with Crippen LogP contribution in [-0.2, 0) is 4.74 Å². The molecule has 0 bridgehead atoms. The summed E-state index contributed by atoms with van der Waals surface area (Å²) in [5.74, 6) is 0.670. The van der Waals surface area contributed by atoms with Gasteiger partial charge in [0.1, 0.15) is 4.88 Å². The zero-order valence-corrected chi connectivity index (χ0v) is 17.4. The Labute approximate surface area is 166 Å². The summed E-state index contributed by atoms with van der Waals surface area (Å²) in [7, 11) is 2.22. The van der Waals surface area contributed by atoms with E-state index < -0.39 is 0 Å². The van der Waals surface area contributed by atoms with Crippen LogP contribution in [0.5, 0.6) is 0 Å². The Morgan fingerprint density at radius 2 is 2.26 bits per heavy atom. The standard InChI is InChI=1S/C20H32N4O2S/c1-3-26-12-11-24-9-4-8-20(14-24)17(7-10-23(20)2)22-18(25)16-13-21-19(27-16)15-5-6-15/h13,15,17H,3-12,14H2,1-2H3,(H,22,25). The lowest BCUT2D eigenvalue weighted by Crippen LogP contribution is -2.63. The molecule has 4 rings (SSSR count). The van der Waals surface area contributed by atoms with E-state index in [1.807, 2.05) is 6.92 Å². The fraction of sp³-hybridized carbons (Fsp3) is 0.800. The van der Waals surface area contributed by atoms with Gasteiger partial charge in [-0.05, 0) is 52.6 Å². The summed E-state index contributed by atoms with van der Waals surface area (Å²) in [6, 6.07) is 0.205. The first-order valence-electron chi connectivity index (χ1n) is 10.4. The molecule has 1 aliphatic carbocycles. The van der Waals surface area contributed by atoms with Gasteiger partial charge >= 0.3 is 0 Å². The second kappa shape index (κ2) is 8.15. The summed E-state index contributed by atoms with van der Waals surface area (Å²) >= 11 is 1.58. The Morgan fingerprint density at radius 1 is 1.41 bits per heavy atom. The van der Waals surface area contributed by atoms with E-state index in [4.69, 9.17) is 4.74 Å². The molecule has 6 nitrogen and oxygen atoms in total. The molecule has 2 aliphatic heterocycles. The molecule has 1 aromatic heterocycles. The number of hydrogen-bond acceptors (Lipinski definition) is 6. The van der Waals surface area contributed by atoms with Crippen LogP contribution < -0.4 is 5.32 Å². The molecule has 2 saturated heterocycles. The fourth-order valence-electron chi connectivity index (χ4n) is 4.71. The van der Waals surface area contributed by atoms with Crippen LogP contribution in [0.4, 0.5) is 0 Å². The van der Waals surface area contributed by atoms with E-state index in [0.717, 1.165) is 62.1 Å². The average Bonchev–Trinajstić information content (AvgIpc) is 3.34. The highest BCUT2D eigenvalue weighted by Gasteiger charge is 2.49. The molecule has 1 amide bonds. The first-order chi connectivity index (χ1) is 13.1. The third-order valence-corrected chi connectivity index (χ3v) is 7.64. The number of ether oxygens (including phenoxy) is 1. The third kappa shape index (κ3) is 4.06. The number of amides is 1. The number of nitrogens with zero attached hydrogens (tertiary/aromatic N) is 3. The van der Waals surface area contributed by atoms with E-state index in [1.165, 1.54) is 19.3 Å². The van der Waals surface area contributed by atoms with E-state index in [2.05, 4.69) is 27.1 Å². The number of aromatic nitrogens is 1. The second-order valence-corrected chi connectivity index (χ2v) is 9.32. The zero-order chi connectivity index (χ0) is 18.9. The van der Waals surface area contributed by atoms with Crippen molar-refractivity contribution in [2.45, 2.75) is 56.5 Å². The normalized spacial score (nSPS) is 29.5. The lowest BCUT2D eigenvalue weighted by molar-refractivity contribution is 0.0237. The van der Waals surface area contributed by atoms with E-state index in [0.29, 0.717) is 5.92 Å². The van der Waals surface area contributed by atoms with Gasteiger partial charge in [0.15, 0.2) is 0 Å². The Balaban J connectivity index is 1.42. The maximum absolute atomic E-state index is 12.9. The maximum atomic E-state index is 12.9. The predicted molar refractivity (Wildman–Crippen MR) is 107 cm³/mol. The molecule has 1 N–H and O–H groups in total. The number of piperidine rings is 1. The fourth-order valence-corrected chi connectivity index (χ4v) is 5.70. The number of nitrogens with one attached hydrogen (secondary N) is 1. The van der Waals surface area contributed by atoms with Crippen molar-refractivity contribution in [1.82, 2.24) is 20.1 Å². The summed E-state index contributed by atoms with van der Waals surface area (Å²) < 4.78 is 5.56. The van der Waals surface area contributed by atoms with Gasteiger partial charge in [-0.25, -0.2) is 4.98 Å². The van der Waals surface area contributed by atoms with Crippen LogP contribution in [0.1, 0.15) is 59.6 Å². The first-order valence-corrected chi connectivity index (χ1v) is 11.2. The molecule has 0 aromatic carbocycles. The van der Waals surface area contributed by atoms with Crippen LogP contribution in [0.3, 0.4) is 0 Å². The maximum Gasteiger partial charge on any atom is 0.263 e. The smallest absolute Gasteiger partial charge is 0.263 e. The highest BCUT2D eigenvalue weighted by Crippen LogP contribution is 2.42. The number of likely N-dealkylation sites (N-methyl/N-ethyl adjacent to an activating group) is 1. The molecule has 1 spiro atoms. The summed E-state index contributed by atoms with van der Waals surface area (Å²) in [4.78, 5) is 23.1. The monoisotopic (exact) mass is 392 g/mol. The van der Waals surface area contributed by atoms with E-state index in [9.17, 15) is 4.79 Å². The Kier molecular flexibility index (Phi) is 5.83. The van der Waals surface area contributed by atoms with Gasteiger partial charge in [0.05, 0.1) is 29.4 Å². The molecule has 27 heavy (non-hydrogen) atoms. The number of hydrogen-bond donors (Lipinski definition) is 1. The number of carbonyl (C=O) groups is 1. The first kappa shape index (κ1) is 19.3. The molecular formula is C20H32N4O2S. The molecule has 2 unspecified atom stereocenters. The molecule has 0 radical (unpaired) electrons. The van der Waals surface area contributed by atoms with Gasteiger partial charge in [0.25, 0.3) is 5.91 Å². The molecular weight excluding hydrogens is 360 g/mol. The third-order valence-electron chi connectivity index (χ3n) is 6.48. The largest absolute Gasteiger partial charge is 0.380 e. The minimum absolute atomic E-state index is 0.0458. The van der Waals surface area contributed by atoms with Gasteiger partial charge in [-0.3, -0.25) is 14.6 Å². The minimum atomic E-state index is 0.0458. The van der Waals surface area contributed by atoms with Crippen molar-refractivity contribution in [2.75, 3.05) is 46.4 Å². The number of thiazole rings is 1. The highest BCUT2D eigenvalue weighted by atomic mass is 32.1. The summed E-state index contributed by atoms with van der Waals surface area (Å²) in [6.07, 6.45) is 7.57. The number of rotatable bonds is 7. The lowest BCUT2D eigenvalue weighted by atomic mass is 9.82. The Hall–Kier alpha value is -1.02. The van der Waals surface area contributed by atoms with Crippen LogP contribution in [-0.4, -0.2) is 78.7 Å². The number of carbonyl (C=O) groups excluding carboxylic acids is 1. The van der Waals surface area contributed by atoms with Gasteiger partial charge in [-0.15, -0.1) is 11.3 Å². The van der Waals surface area contributed by atoms with Crippen LogP contribution in [0.25, 0.3) is 0 Å². The van der Waals surface area contributed by atoms with Crippen molar-refractivity contribution in [2.24, 2.45) is 0 Å². The highest BCUT2D eigenvalue weighted by molar-refractivity contribution is 7.13. The predicted octanol–water partition coefficient (Wildman–Crippen LogP) is 2.33. The van der Waals surface area contributed by atoms with Crippen molar-refractivity contribution in [3.05, 3.63) is 16.1 Å². The van der Waals surface area contributed by atoms with E-state index in [1.54, 1.807) is 17.5 Å². The summed E-state index contributed by atoms with van der Waals surface area (Å²) in [5, 5.41) is 4.52. The Morgan fingerprint density at radius 3 is 3.04 bits per heavy atom. The molecule has 2 atom stereocenters. The van der Waals surface area contributed by atoms with Crippen molar-refractivity contribution in [1.29, 1.82) is 0 Å². The van der Waals surface area contributed by atoms with E-state index >= 15 is 0 Å². The van der Waals surface area contributed by atoms with Gasteiger partial charge in [-0.2, -0.15) is 0 Å². The SMILES string of the molecule is CCOCCN1CCCC2(C1)C(NC(=O)c1cnc(C3CC3)s1)CCN2C. The van der Waals surface area contributed by atoms with Crippen LogP contribution >= 0.6 is 11.3 Å². The van der Waals surface area contributed by atoms with Gasteiger partial charge in [-0.1, -0.05) is 0 Å². The zero-order valence-electron chi connectivity index (χ0n) is 16.6. The molecule has 150 valence electrons. The van der Waals surface area contributed by atoms with Gasteiger partial charge in [0, 0.05) is 32.2 Å². The summed E-state index contributed by atoms with van der Waals surface area (Å²) in [5.41, 5.74) is 0.0458. The molecule has 1 saturated carbocycles. The van der Waals surface area contributed by atoms with Crippen molar-refractivity contribution < 1.29 is 9.53 Å². The molecule has 3 aliphatic rings. The average molecular weight is 393 g/mol. The lowest BCUT2D eigenvalue weighted by Gasteiger charge is -2.48. The number of likely N-dealkylation sites (tertiary alicyclic amines) is 2. The van der Waals surface area contributed by atoms with Crippen molar-refractivity contribution in [3.63, 3.8) is 0 Å². The molecule has 3 fully saturated rings.